The summed E-state index contributed by atoms with van der Waals surface area (Å²) in [5.41, 5.74) is 1.07. The van der Waals surface area contributed by atoms with Gasteiger partial charge in [0, 0.05) is 57.7 Å². The molecule has 2 saturated heterocycles. The first kappa shape index (κ1) is 18.3. The lowest BCUT2D eigenvalue weighted by Gasteiger charge is -2.35. The molecular weight excluding hydrogens is 340 g/mol. The molecule has 0 saturated carbocycles. The van der Waals surface area contributed by atoms with E-state index in [0.717, 1.165) is 56.4 Å². The maximum Gasteiger partial charge on any atom is 0.223 e. The molecule has 0 unspecified atom stereocenters. The number of hydrogen-bond acceptors (Lipinski definition) is 4. The third-order valence-corrected chi connectivity index (χ3v) is 5.52. The highest BCUT2D eigenvalue weighted by atomic mass is 16.5. The summed E-state index contributed by atoms with van der Waals surface area (Å²) in [7, 11) is 0. The van der Waals surface area contributed by atoms with Gasteiger partial charge in [-0.2, -0.15) is 0 Å². The van der Waals surface area contributed by atoms with Crippen molar-refractivity contribution in [3.05, 3.63) is 48.2 Å². The second kappa shape index (κ2) is 8.72. The van der Waals surface area contributed by atoms with Crippen LogP contribution in [0.3, 0.4) is 0 Å². The summed E-state index contributed by atoms with van der Waals surface area (Å²) in [6, 6.07) is 14.0. The van der Waals surface area contributed by atoms with Gasteiger partial charge in [-0.15, -0.1) is 0 Å². The van der Waals surface area contributed by atoms with E-state index in [4.69, 9.17) is 9.15 Å². The molecule has 0 radical (unpaired) electrons. The topological polar surface area (TPSA) is 45.9 Å². The first-order chi connectivity index (χ1) is 13.3. The molecule has 0 bridgehead atoms. The maximum absolute atomic E-state index is 12.5. The Hall–Kier alpha value is -2.11. The molecule has 0 spiro atoms. The lowest BCUT2D eigenvalue weighted by Crippen LogP contribution is -2.50. The lowest BCUT2D eigenvalue weighted by atomic mass is 10.2. The first-order valence-electron chi connectivity index (χ1n) is 10.0. The molecule has 0 N–H and O–H groups in total. The monoisotopic (exact) mass is 368 g/mol. The third-order valence-electron chi connectivity index (χ3n) is 5.52. The average Bonchev–Trinajstić information content (AvgIpc) is 3.39. The molecule has 1 aromatic carbocycles. The van der Waals surface area contributed by atoms with Gasteiger partial charge in [0.25, 0.3) is 0 Å². The zero-order chi connectivity index (χ0) is 18.5. The molecule has 5 nitrogen and oxygen atoms in total. The number of rotatable bonds is 6. The molecule has 1 aromatic heterocycles. The van der Waals surface area contributed by atoms with Gasteiger partial charge in [0.15, 0.2) is 0 Å². The number of amides is 1. The number of furan rings is 1. The minimum absolute atomic E-state index is 0.226. The van der Waals surface area contributed by atoms with Gasteiger partial charge in [-0.3, -0.25) is 9.69 Å². The van der Waals surface area contributed by atoms with Crippen molar-refractivity contribution in [2.24, 2.45) is 0 Å². The molecule has 4 rings (SSSR count). The highest BCUT2D eigenvalue weighted by Gasteiger charge is 2.24. The van der Waals surface area contributed by atoms with Crippen LogP contribution in [0.15, 0.2) is 46.9 Å². The minimum Gasteiger partial charge on any atom is -0.461 e. The van der Waals surface area contributed by atoms with Crippen LogP contribution in [0.2, 0.25) is 0 Å². The Morgan fingerprint density at radius 1 is 1.04 bits per heavy atom. The van der Waals surface area contributed by atoms with Gasteiger partial charge in [0.2, 0.25) is 5.91 Å². The number of aryl methyl sites for hydroxylation is 1. The Kier molecular flexibility index (Phi) is 5.90. The van der Waals surface area contributed by atoms with E-state index in [9.17, 15) is 4.79 Å². The summed E-state index contributed by atoms with van der Waals surface area (Å²) in [5, 5.41) is 0. The largest absolute Gasteiger partial charge is 0.461 e. The highest BCUT2D eigenvalue weighted by molar-refractivity contribution is 5.76. The molecule has 2 aromatic rings. The smallest absolute Gasteiger partial charge is 0.223 e. The van der Waals surface area contributed by atoms with Crippen molar-refractivity contribution < 1.29 is 13.9 Å². The van der Waals surface area contributed by atoms with E-state index in [0.29, 0.717) is 18.9 Å². The van der Waals surface area contributed by atoms with Crippen molar-refractivity contribution in [3.63, 3.8) is 0 Å². The zero-order valence-corrected chi connectivity index (χ0v) is 15.8. The molecule has 3 heterocycles. The van der Waals surface area contributed by atoms with Crippen LogP contribution < -0.4 is 0 Å². The van der Waals surface area contributed by atoms with Gasteiger partial charge in [0.05, 0.1) is 6.10 Å². The Bertz CT molecular complexity index is 729. The van der Waals surface area contributed by atoms with Crippen molar-refractivity contribution >= 4 is 5.91 Å². The second-order valence-corrected chi connectivity index (χ2v) is 7.45. The molecule has 2 fully saturated rings. The fourth-order valence-corrected chi connectivity index (χ4v) is 3.91. The van der Waals surface area contributed by atoms with Gasteiger partial charge >= 0.3 is 0 Å². The number of hydrogen-bond donors (Lipinski definition) is 0. The highest BCUT2D eigenvalue weighted by Crippen LogP contribution is 2.22. The SMILES string of the molecule is O=C(CCc1ccc(-c2ccccc2)o1)N1CCN(C[C@H]2CCCO2)CC1. The van der Waals surface area contributed by atoms with E-state index >= 15 is 0 Å². The fourth-order valence-electron chi connectivity index (χ4n) is 3.91. The number of carbonyl (C=O) groups excluding carboxylic acids is 1. The number of benzene rings is 1. The standard InChI is InChI=1S/C22H28N2O3/c25-22(24-14-12-23(13-15-24)17-20-7-4-16-26-20)11-9-19-8-10-21(27-19)18-5-2-1-3-6-18/h1-3,5-6,8,10,20H,4,7,9,11-17H2/t20-/m1/s1. The fraction of sp³-hybridized carbons (Fsp3) is 0.500. The molecular formula is C22H28N2O3. The minimum atomic E-state index is 0.226. The molecule has 1 amide bonds. The molecule has 27 heavy (non-hydrogen) atoms. The summed E-state index contributed by atoms with van der Waals surface area (Å²) in [5.74, 6) is 1.96. The Morgan fingerprint density at radius 2 is 1.85 bits per heavy atom. The van der Waals surface area contributed by atoms with Crippen LogP contribution in [-0.2, 0) is 16.0 Å². The van der Waals surface area contributed by atoms with Crippen molar-refractivity contribution in [2.45, 2.75) is 31.8 Å². The molecule has 5 heteroatoms. The quantitative estimate of drug-likeness (QED) is 0.786. The summed E-state index contributed by atoms with van der Waals surface area (Å²) in [4.78, 5) is 17.0. The van der Waals surface area contributed by atoms with Crippen LogP contribution in [0.25, 0.3) is 11.3 Å². The molecule has 1 atom stereocenters. The van der Waals surface area contributed by atoms with Gasteiger partial charge in [-0.05, 0) is 25.0 Å². The Labute approximate surface area is 160 Å². The summed E-state index contributed by atoms with van der Waals surface area (Å²) < 4.78 is 11.6. The van der Waals surface area contributed by atoms with Crippen LogP contribution in [0.4, 0.5) is 0 Å². The number of nitrogens with zero attached hydrogens (tertiary/aromatic N) is 2. The van der Waals surface area contributed by atoms with Gasteiger partial charge < -0.3 is 14.1 Å². The number of ether oxygens (including phenoxy) is 1. The van der Waals surface area contributed by atoms with Crippen LogP contribution in [0.5, 0.6) is 0 Å². The van der Waals surface area contributed by atoms with E-state index in [2.05, 4.69) is 4.90 Å². The Balaban J connectivity index is 1.21. The maximum atomic E-state index is 12.5. The predicted molar refractivity (Wildman–Crippen MR) is 104 cm³/mol. The molecule has 2 aliphatic heterocycles. The van der Waals surface area contributed by atoms with Crippen molar-refractivity contribution in [1.29, 1.82) is 0 Å². The van der Waals surface area contributed by atoms with Crippen molar-refractivity contribution in [3.8, 4) is 11.3 Å². The van der Waals surface area contributed by atoms with Gasteiger partial charge in [0.1, 0.15) is 11.5 Å². The molecule has 2 aliphatic rings. The summed E-state index contributed by atoms with van der Waals surface area (Å²) >= 11 is 0. The zero-order valence-electron chi connectivity index (χ0n) is 15.8. The van der Waals surface area contributed by atoms with E-state index in [1.165, 1.54) is 12.8 Å². The van der Waals surface area contributed by atoms with Crippen LogP contribution in [0, 0.1) is 0 Å². The lowest BCUT2D eigenvalue weighted by molar-refractivity contribution is -0.133. The van der Waals surface area contributed by atoms with E-state index in [-0.39, 0.29) is 5.91 Å². The molecule has 0 aliphatic carbocycles. The van der Waals surface area contributed by atoms with Gasteiger partial charge in [-0.25, -0.2) is 0 Å². The van der Waals surface area contributed by atoms with E-state index in [1.807, 2.05) is 47.4 Å². The first-order valence-corrected chi connectivity index (χ1v) is 10.0. The van der Waals surface area contributed by atoms with E-state index in [1.54, 1.807) is 0 Å². The van der Waals surface area contributed by atoms with E-state index < -0.39 is 0 Å². The third kappa shape index (κ3) is 4.79. The summed E-state index contributed by atoms with van der Waals surface area (Å²) in [6.07, 6.45) is 3.91. The van der Waals surface area contributed by atoms with Crippen molar-refractivity contribution in [1.82, 2.24) is 9.80 Å². The van der Waals surface area contributed by atoms with Crippen LogP contribution in [-0.4, -0.2) is 61.1 Å². The normalized spacial score (nSPS) is 20.9. The molecule has 144 valence electrons. The number of piperazine rings is 1. The summed E-state index contributed by atoms with van der Waals surface area (Å²) in [6.45, 7) is 5.45. The second-order valence-electron chi connectivity index (χ2n) is 7.45. The van der Waals surface area contributed by atoms with Crippen molar-refractivity contribution in [2.75, 3.05) is 39.3 Å². The van der Waals surface area contributed by atoms with Gasteiger partial charge in [-0.1, -0.05) is 30.3 Å². The Morgan fingerprint density at radius 3 is 2.59 bits per heavy atom. The number of carbonyl (C=O) groups is 1. The van der Waals surface area contributed by atoms with Crippen LogP contribution >= 0.6 is 0 Å². The predicted octanol–water partition coefficient (Wildman–Crippen LogP) is 3.20. The average molecular weight is 368 g/mol. The van der Waals surface area contributed by atoms with Crippen LogP contribution in [0.1, 0.15) is 25.0 Å².